The van der Waals surface area contributed by atoms with Gasteiger partial charge >= 0.3 is 24.1 Å². The number of rotatable bonds is 18. The molecule has 0 saturated heterocycles. The van der Waals surface area contributed by atoms with Crippen molar-refractivity contribution < 1.29 is 66.8 Å². The summed E-state index contributed by atoms with van der Waals surface area (Å²) in [5.41, 5.74) is 0.726. The van der Waals surface area contributed by atoms with Crippen LogP contribution in [0.5, 0.6) is 0 Å². The monoisotopic (exact) mass is 710 g/mol. The van der Waals surface area contributed by atoms with Crippen molar-refractivity contribution in [3.8, 4) is 0 Å². The number of carboxylic acids is 3. The Morgan fingerprint density at radius 3 is 1.75 bits per heavy atom. The van der Waals surface area contributed by atoms with Gasteiger partial charge in [0.15, 0.2) is 5.78 Å². The number of alkyl halides is 4. The number of halogens is 4. The molecule has 0 aromatic heterocycles. The SMILES string of the molecule is CC[C@H](C)[C@H](NC(=O)[C@H](CCC(=O)O)NC(=O)[C@H](Cc1ccccc1)NC(C)=O)C(=O)N[C@@H](CC(=O)O)C(=O)CCl.O=C(O)C(F)(F)F. The molecule has 1 rings (SSSR count). The van der Waals surface area contributed by atoms with Gasteiger partial charge in [-0.15, -0.1) is 11.6 Å². The lowest BCUT2D eigenvalue weighted by Crippen LogP contribution is -2.59. The van der Waals surface area contributed by atoms with Crippen molar-refractivity contribution in [2.75, 3.05) is 5.88 Å². The fraction of sp³-hybridized carbons (Fsp3) is 0.517. The standard InChI is InChI=1S/C27H37ClN4O9.C2HF3O2/c1-4-15(2)24(27(41)31-19(13-23(37)38)21(34)14-28)32-25(39)18(10-11-22(35)36)30-26(40)20(29-16(3)33)12-17-8-6-5-7-9-17;3-2(4,5)1(6)7/h5-9,15,18-20,24H,4,10-14H2,1-3H3,(H,29,33)(H,30,40)(H,31,41)(H,32,39)(H,35,36)(H,37,38);(H,6,7)/t15-,18-,19-,20-,24-;/m0./s1. The third kappa shape index (κ3) is 17.3. The molecule has 0 unspecified atom stereocenters. The van der Waals surface area contributed by atoms with Crippen LogP contribution in [0.1, 0.15) is 52.0 Å². The molecule has 0 radical (unpaired) electrons. The van der Waals surface area contributed by atoms with Crippen LogP contribution in [0.4, 0.5) is 13.2 Å². The van der Waals surface area contributed by atoms with Crippen LogP contribution >= 0.6 is 11.6 Å². The first-order chi connectivity index (χ1) is 22.2. The highest BCUT2D eigenvalue weighted by molar-refractivity contribution is 6.28. The van der Waals surface area contributed by atoms with Crippen LogP contribution in [0, 0.1) is 5.92 Å². The number of hydrogen-bond donors (Lipinski definition) is 7. The van der Waals surface area contributed by atoms with Gasteiger partial charge in [-0.1, -0.05) is 50.6 Å². The minimum atomic E-state index is -5.08. The highest BCUT2D eigenvalue weighted by Gasteiger charge is 2.38. The lowest BCUT2D eigenvalue weighted by Gasteiger charge is -2.28. The van der Waals surface area contributed by atoms with E-state index < -0.39 is 102 Å². The lowest BCUT2D eigenvalue weighted by molar-refractivity contribution is -0.192. The van der Waals surface area contributed by atoms with E-state index in [0.29, 0.717) is 6.42 Å². The first-order valence-electron chi connectivity index (χ1n) is 14.3. The van der Waals surface area contributed by atoms with Crippen LogP contribution in [-0.4, -0.2) is 98.9 Å². The van der Waals surface area contributed by atoms with Crippen LogP contribution in [0.3, 0.4) is 0 Å². The Labute approximate surface area is 278 Å². The molecule has 1 aromatic rings. The lowest BCUT2D eigenvalue weighted by atomic mass is 9.96. The average Bonchev–Trinajstić information content (AvgIpc) is 2.99. The molecule has 0 saturated carbocycles. The molecule has 0 aliphatic rings. The molecule has 0 aliphatic heterocycles. The van der Waals surface area contributed by atoms with Crippen molar-refractivity contribution in [1.82, 2.24) is 21.3 Å². The normalized spacial score (nSPS) is 13.9. The molecular formula is C29H38ClF3N4O11. The molecular weight excluding hydrogens is 673 g/mol. The summed E-state index contributed by atoms with van der Waals surface area (Å²) in [5, 5.41) is 35.2. The number of Topliss-reactive ketones (excluding diaryl/α,β-unsaturated/α-hetero) is 1. The fourth-order valence-corrected chi connectivity index (χ4v) is 4.03. The Morgan fingerprint density at radius 1 is 0.792 bits per heavy atom. The predicted octanol–water partition coefficient (Wildman–Crippen LogP) is 1.02. The zero-order valence-corrected chi connectivity index (χ0v) is 26.9. The van der Waals surface area contributed by atoms with E-state index in [2.05, 4.69) is 21.3 Å². The minimum absolute atomic E-state index is 0.0942. The van der Waals surface area contributed by atoms with Crippen molar-refractivity contribution in [3.63, 3.8) is 0 Å². The summed E-state index contributed by atoms with van der Waals surface area (Å²) in [5.74, 6) is -10.1. The summed E-state index contributed by atoms with van der Waals surface area (Å²) in [6.07, 6.45) is -6.14. The van der Waals surface area contributed by atoms with Gasteiger partial charge in [0.1, 0.15) is 18.1 Å². The van der Waals surface area contributed by atoms with E-state index in [9.17, 15) is 51.8 Å². The zero-order chi connectivity index (χ0) is 37.2. The second-order valence-electron chi connectivity index (χ2n) is 10.4. The van der Waals surface area contributed by atoms with Crippen LogP contribution < -0.4 is 21.3 Å². The third-order valence-corrected chi connectivity index (χ3v) is 6.77. The summed E-state index contributed by atoms with van der Waals surface area (Å²) in [6.45, 7) is 4.60. The van der Waals surface area contributed by atoms with Gasteiger partial charge in [-0.25, -0.2) is 4.79 Å². The summed E-state index contributed by atoms with van der Waals surface area (Å²) in [4.78, 5) is 94.8. The predicted molar refractivity (Wildman–Crippen MR) is 162 cm³/mol. The first-order valence-corrected chi connectivity index (χ1v) is 14.8. The molecule has 19 heteroatoms. The van der Waals surface area contributed by atoms with Crippen molar-refractivity contribution in [1.29, 1.82) is 0 Å². The minimum Gasteiger partial charge on any atom is -0.481 e. The molecule has 0 heterocycles. The number of nitrogens with one attached hydrogen (secondary N) is 4. The number of carbonyl (C=O) groups is 8. The maximum absolute atomic E-state index is 13.3. The van der Waals surface area contributed by atoms with Gasteiger partial charge in [-0.3, -0.25) is 33.6 Å². The molecule has 0 aliphatic carbocycles. The maximum atomic E-state index is 13.3. The topological polar surface area (TPSA) is 245 Å². The molecule has 0 spiro atoms. The van der Waals surface area contributed by atoms with Gasteiger partial charge in [-0.05, 0) is 17.9 Å². The maximum Gasteiger partial charge on any atom is 0.490 e. The van der Waals surface area contributed by atoms with Crippen LogP contribution in [0.15, 0.2) is 30.3 Å². The van der Waals surface area contributed by atoms with E-state index in [4.69, 9.17) is 26.6 Å². The van der Waals surface area contributed by atoms with E-state index in [1.165, 1.54) is 6.92 Å². The second kappa shape index (κ2) is 21.2. The largest absolute Gasteiger partial charge is 0.490 e. The Kier molecular flexibility index (Phi) is 19.1. The molecule has 1 aromatic carbocycles. The van der Waals surface area contributed by atoms with Crippen molar-refractivity contribution in [3.05, 3.63) is 35.9 Å². The van der Waals surface area contributed by atoms with Crippen molar-refractivity contribution in [2.45, 2.75) is 83.2 Å². The molecule has 7 N–H and O–H groups in total. The summed E-state index contributed by atoms with van der Waals surface area (Å²) in [6, 6.07) is 3.61. The van der Waals surface area contributed by atoms with Gasteiger partial charge in [0.05, 0.1) is 18.3 Å². The zero-order valence-electron chi connectivity index (χ0n) is 26.1. The number of amides is 4. The third-order valence-electron chi connectivity index (χ3n) is 6.51. The fourth-order valence-electron chi connectivity index (χ4n) is 3.84. The molecule has 4 amide bonds. The smallest absolute Gasteiger partial charge is 0.481 e. The molecule has 48 heavy (non-hydrogen) atoms. The Balaban J connectivity index is 0.00000282. The Morgan fingerprint density at radius 2 is 1.31 bits per heavy atom. The van der Waals surface area contributed by atoms with Crippen LogP contribution in [0.2, 0.25) is 0 Å². The molecule has 5 atom stereocenters. The van der Waals surface area contributed by atoms with E-state index in [0.717, 1.165) is 5.56 Å². The van der Waals surface area contributed by atoms with Gasteiger partial charge in [0.2, 0.25) is 23.6 Å². The van der Waals surface area contributed by atoms with Crippen molar-refractivity contribution in [2.24, 2.45) is 5.92 Å². The average molecular weight is 711 g/mol. The number of carboxylic acid groups (broad SMARTS) is 3. The van der Waals surface area contributed by atoms with Crippen LogP contribution in [0.25, 0.3) is 0 Å². The highest BCUT2D eigenvalue weighted by Crippen LogP contribution is 2.13. The summed E-state index contributed by atoms with van der Waals surface area (Å²) in [7, 11) is 0. The second-order valence-corrected chi connectivity index (χ2v) is 10.6. The molecule has 15 nitrogen and oxygen atoms in total. The summed E-state index contributed by atoms with van der Waals surface area (Å²) >= 11 is 5.55. The van der Waals surface area contributed by atoms with E-state index in [-0.39, 0.29) is 12.8 Å². The van der Waals surface area contributed by atoms with Crippen LogP contribution in [-0.2, 0) is 44.8 Å². The number of hydrogen-bond acceptors (Lipinski definition) is 8. The van der Waals surface area contributed by atoms with Gasteiger partial charge in [0.25, 0.3) is 0 Å². The number of benzene rings is 1. The first kappa shape index (κ1) is 43.3. The molecule has 268 valence electrons. The van der Waals surface area contributed by atoms with Gasteiger partial charge in [0, 0.05) is 19.8 Å². The Bertz CT molecular complexity index is 1300. The molecule has 0 fully saturated rings. The number of ketones is 1. The van der Waals surface area contributed by atoms with E-state index in [1.807, 2.05) is 0 Å². The quantitative estimate of drug-likeness (QED) is 0.106. The number of carbonyl (C=O) groups excluding carboxylic acids is 5. The van der Waals surface area contributed by atoms with E-state index >= 15 is 0 Å². The van der Waals surface area contributed by atoms with Crippen molar-refractivity contribution >= 4 is 58.9 Å². The van der Waals surface area contributed by atoms with E-state index in [1.54, 1.807) is 44.2 Å². The Hall–Kier alpha value is -4.74. The highest BCUT2D eigenvalue weighted by atomic mass is 35.5. The summed E-state index contributed by atoms with van der Waals surface area (Å²) < 4.78 is 31.7. The number of aliphatic carboxylic acids is 3. The molecule has 0 bridgehead atoms. The van der Waals surface area contributed by atoms with Gasteiger partial charge < -0.3 is 36.6 Å². The van der Waals surface area contributed by atoms with Gasteiger partial charge in [-0.2, -0.15) is 13.2 Å².